The SMILES string of the molecule is O=C(C[C@@H](Cc1cc(F)cc(F)c1)c1ncccc1-c1ccc2c(c1)C=CC2)Cn1nc(C(F)(F)F)c2c1CCCC2. The Kier molecular flexibility index (Phi) is 7.51. The highest BCUT2D eigenvalue weighted by Gasteiger charge is 2.39. The minimum Gasteiger partial charge on any atom is -0.298 e. The van der Waals surface area contributed by atoms with E-state index in [-0.39, 0.29) is 37.2 Å². The van der Waals surface area contributed by atoms with Crippen LogP contribution in [-0.2, 0) is 43.2 Å². The second-order valence-corrected chi connectivity index (χ2v) is 11.0. The molecule has 2 aliphatic carbocycles. The Morgan fingerprint density at radius 2 is 1.79 bits per heavy atom. The van der Waals surface area contributed by atoms with Gasteiger partial charge in [-0.1, -0.05) is 30.4 Å². The fourth-order valence-corrected chi connectivity index (χ4v) is 6.22. The van der Waals surface area contributed by atoms with Crippen LogP contribution < -0.4 is 0 Å². The van der Waals surface area contributed by atoms with Gasteiger partial charge in [-0.3, -0.25) is 14.5 Å². The van der Waals surface area contributed by atoms with E-state index < -0.39 is 29.4 Å². The molecule has 2 heterocycles. The zero-order valence-electron chi connectivity index (χ0n) is 22.7. The van der Waals surface area contributed by atoms with Crippen molar-refractivity contribution >= 4 is 11.9 Å². The normalized spacial score (nSPS) is 15.0. The molecule has 0 saturated carbocycles. The van der Waals surface area contributed by atoms with E-state index in [0.29, 0.717) is 29.8 Å². The maximum absolute atomic E-state index is 14.1. The summed E-state index contributed by atoms with van der Waals surface area (Å²) in [6.45, 7) is -0.321. The quantitative estimate of drug-likeness (QED) is 0.202. The Morgan fingerprint density at radius 3 is 2.57 bits per heavy atom. The van der Waals surface area contributed by atoms with Gasteiger partial charge in [-0.05, 0) is 85.0 Å². The number of rotatable bonds is 8. The molecule has 4 aromatic rings. The number of aromatic nitrogens is 3. The number of halogens is 5. The topological polar surface area (TPSA) is 47.8 Å². The average molecular weight is 578 g/mol. The molecule has 0 aliphatic heterocycles. The largest absolute Gasteiger partial charge is 0.435 e. The van der Waals surface area contributed by atoms with Gasteiger partial charge < -0.3 is 0 Å². The van der Waals surface area contributed by atoms with Gasteiger partial charge in [0.1, 0.15) is 11.6 Å². The highest BCUT2D eigenvalue weighted by molar-refractivity contribution is 5.80. The number of alkyl halides is 3. The number of benzene rings is 2. The Morgan fingerprint density at radius 1 is 1.00 bits per heavy atom. The van der Waals surface area contributed by atoms with Crippen LogP contribution in [0.3, 0.4) is 0 Å². The Hall–Kier alpha value is -4.14. The van der Waals surface area contributed by atoms with Crippen molar-refractivity contribution in [1.29, 1.82) is 0 Å². The molecule has 4 nitrogen and oxygen atoms in total. The second-order valence-electron chi connectivity index (χ2n) is 11.0. The molecule has 2 aromatic carbocycles. The molecule has 2 aliphatic rings. The highest BCUT2D eigenvalue weighted by Crippen LogP contribution is 2.37. The summed E-state index contributed by atoms with van der Waals surface area (Å²) in [5.41, 5.74) is 4.60. The van der Waals surface area contributed by atoms with E-state index in [9.17, 15) is 26.7 Å². The Balaban J connectivity index is 1.35. The van der Waals surface area contributed by atoms with E-state index in [1.54, 1.807) is 12.3 Å². The maximum atomic E-state index is 14.1. The third-order valence-corrected chi connectivity index (χ3v) is 8.05. The van der Waals surface area contributed by atoms with Crippen molar-refractivity contribution < 1.29 is 26.7 Å². The number of hydrogen-bond acceptors (Lipinski definition) is 3. The van der Waals surface area contributed by atoms with Crippen molar-refractivity contribution in [2.45, 2.75) is 63.6 Å². The molecule has 42 heavy (non-hydrogen) atoms. The number of carbonyl (C=O) groups excluding carboxylic acids is 1. The molecular formula is C33H28F5N3O. The zero-order chi connectivity index (χ0) is 29.4. The standard InChI is InChI=1S/C33H28F5N3O/c34-25-14-20(15-26(35)18-25)13-24(31-28(8-4-12-39-31)23-11-10-21-5-3-6-22(21)16-23)17-27(42)19-41-30-9-2-1-7-29(30)32(40-41)33(36,37)38/h3-4,6,8,10-12,14-16,18,24H,1-2,5,7,9,13,17,19H2/t24-/m1/s1. The van der Waals surface area contributed by atoms with Gasteiger partial charge in [0.2, 0.25) is 0 Å². The van der Waals surface area contributed by atoms with Gasteiger partial charge >= 0.3 is 6.18 Å². The molecule has 216 valence electrons. The van der Waals surface area contributed by atoms with Crippen molar-refractivity contribution in [3.8, 4) is 11.1 Å². The third kappa shape index (κ3) is 5.78. The van der Waals surface area contributed by atoms with E-state index >= 15 is 0 Å². The van der Waals surface area contributed by atoms with Crippen LogP contribution >= 0.6 is 0 Å². The van der Waals surface area contributed by atoms with Gasteiger partial charge in [-0.15, -0.1) is 0 Å². The molecule has 0 bridgehead atoms. The zero-order valence-corrected chi connectivity index (χ0v) is 22.7. The van der Waals surface area contributed by atoms with Gasteiger partial charge in [0.05, 0.1) is 12.2 Å². The van der Waals surface area contributed by atoms with E-state index in [2.05, 4.69) is 22.2 Å². The van der Waals surface area contributed by atoms with Crippen LogP contribution in [0.25, 0.3) is 17.2 Å². The van der Waals surface area contributed by atoms with Crippen molar-refractivity contribution in [3.05, 3.63) is 112 Å². The van der Waals surface area contributed by atoms with Crippen LogP contribution in [0.15, 0.2) is 60.8 Å². The molecule has 0 radical (unpaired) electrons. The Bertz CT molecular complexity index is 1670. The average Bonchev–Trinajstić information content (AvgIpc) is 3.57. The lowest BCUT2D eigenvalue weighted by atomic mass is 9.86. The van der Waals surface area contributed by atoms with Gasteiger partial charge in [0.25, 0.3) is 0 Å². The predicted molar refractivity (Wildman–Crippen MR) is 149 cm³/mol. The number of allylic oxidation sites excluding steroid dienone is 1. The number of pyridine rings is 1. The first-order valence-electron chi connectivity index (χ1n) is 14.0. The number of nitrogens with zero attached hydrogens (tertiary/aromatic N) is 3. The van der Waals surface area contributed by atoms with Crippen LogP contribution in [0.5, 0.6) is 0 Å². The van der Waals surface area contributed by atoms with Crippen molar-refractivity contribution in [1.82, 2.24) is 14.8 Å². The monoisotopic (exact) mass is 577 g/mol. The lowest BCUT2D eigenvalue weighted by Gasteiger charge is -2.20. The van der Waals surface area contributed by atoms with E-state index in [4.69, 9.17) is 0 Å². The first kappa shape index (κ1) is 28.0. The Labute approximate surface area is 239 Å². The predicted octanol–water partition coefficient (Wildman–Crippen LogP) is 7.68. The number of carbonyl (C=O) groups is 1. The number of Topliss-reactive ketones (excluding diaryl/α,β-unsaturated/α-hetero) is 1. The fraction of sp³-hybridized carbons (Fsp3) is 0.303. The van der Waals surface area contributed by atoms with Crippen LogP contribution in [0.4, 0.5) is 22.0 Å². The van der Waals surface area contributed by atoms with Gasteiger partial charge in [0.15, 0.2) is 11.5 Å². The number of fused-ring (bicyclic) bond motifs is 2. The van der Waals surface area contributed by atoms with Crippen molar-refractivity contribution in [2.24, 2.45) is 0 Å². The molecule has 0 amide bonds. The van der Waals surface area contributed by atoms with Crippen LogP contribution in [0, 0.1) is 11.6 Å². The molecule has 6 rings (SSSR count). The molecule has 1 atom stereocenters. The lowest BCUT2D eigenvalue weighted by molar-refractivity contribution is -0.142. The number of ketones is 1. The lowest BCUT2D eigenvalue weighted by Crippen LogP contribution is -2.19. The molecule has 0 saturated heterocycles. The first-order chi connectivity index (χ1) is 20.2. The molecule has 0 spiro atoms. The van der Waals surface area contributed by atoms with E-state index in [0.717, 1.165) is 35.6 Å². The summed E-state index contributed by atoms with van der Waals surface area (Å²) in [7, 11) is 0. The van der Waals surface area contributed by atoms with Gasteiger partial charge in [-0.2, -0.15) is 18.3 Å². The van der Waals surface area contributed by atoms with Gasteiger partial charge in [-0.25, -0.2) is 8.78 Å². The number of hydrogen-bond donors (Lipinski definition) is 0. The molecule has 0 unspecified atom stereocenters. The van der Waals surface area contributed by atoms with Crippen LogP contribution in [0.1, 0.15) is 64.5 Å². The molecule has 9 heteroatoms. The van der Waals surface area contributed by atoms with Crippen LogP contribution in [0.2, 0.25) is 0 Å². The smallest absolute Gasteiger partial charge is 0.298 e. The summed E-state index contributed by atoms with van der Waals surface area (Å²) in [4.78, 5) is 18.2. The van der Waals surface area contributed by atoms with Crippen molar-refractivity contribution in [2.75, 3.05) is 0 Å². The summed E-state index contributed by atoms with van der Waals surface area (Å²) in [5.74, 6) is -2.39. The summed E-state index contributed by atoms with van der Waals surface area (Å²) in [6.07, 6.45) is 4.07. The summed E-state index contributed by atoms with van der Waals surface area (Å²) in [5, 5.41) is 3.84. The van der Waals surface area contributed by atoms with E-state index in [1.807, 2.05) is 24.3 Å². The highest BCUT2D eigenvalue weighted by atomic mass is 19.4. The molecule has 0 N–H and O–H groups in total. The van der Waals surface area contributed by atoms with Gasteiger partial charge in [0, 0.05) is 41.4 Å². The summed E-state index contributed by atoms with van der Waals surface area (Å²) >= 11 is 0. The molecule has 0 fully saturated rings. The summed E-state index contributed by atoms with van der Waals surface area (Å²) < 4.78 is 70.6. The second kappa shape index (κ2) is 11.3. The van der Waals surface area contributed by atoms with E-state index in [1.165, 1.54) is 22.4 Å². The minimum atomic E-state index is -4.60. The fourth-order valence-electron chi connectivity index (χ4n) is 6.22. The first-order valence-corrected chi connectivity index (χ1v) is 14.0. The maximum Gasteiger partial charge on any atom is 0.435 e. The third-order valence-electron chi connectivity index (χ3n) is 8.05. The summed E-state index contributed by atoms with van der Waals surface area (Å²) in [6, 6.07) is 13.0. The van der Waals surface area contributed by atoms with Crippen LogP contribution in [-0.4, -0.2) is 20.5 Å². The molecular weight excluding hydrogens is 549 g/mol. The molecule has 2 aromatic heterocycles. The minimum absolute atomic E-state index is 0.0943. The van der Waals surface area contributed by atoms with Crippen molar-refractivity contribution in [3.63, 3.8) is 0 Å².